The number of carbonyl (C=O) groups is 1. The Hall–Kier alpha value is -2.33. The fourth-order valence-corrected chi connectivity index (χ4v) is 2.31. The third-order valence-corrected chi connectivity index (χ3v) is 3.76. The van der Waals surface area contributed by atoms with Gasteiger partial charge in [-0.1, -0.05) is 42.0 Å². The molecule has 0 aliphatic carbocycles. The normalized spacial score (nSPS) is 10.7. The number of likely N-dealkylation sites (N-methyl/N-ethyl adjacent to an activating group) is 1. The zero-order chi connectivity index (χ0) is 17.4. The summed E-state index contributed by atoms with van der Waals surface area (Å²) in [5, 5.41) is 2.94. The third-order valence-electron chi connectivity index (χ3n) is 3.76. The molecule has 0 aliphatic heterocycles. The van der Waals surface area contributed by atoms with Crippen LogP contribution in [0.25, 0.3) is 0 Å². The number of aryl methyl sites for hydroxylation is 2. The van der Waals surface area contributed by atoms with Crippen LogP contribution < -0.4 is 10.1 Å². The molecule has 2 aromatic rings. The van der Waals surface area contributed by atoms with Gasteiger partial charge >= 0.3 is 0 Å². The molecule has 0 aliphatic rings. The molecule has 0 saturated heterocycles. The van der Waals surface area contributed by atoms with Gasteiger partial charge in [0.1, 0.15) is 12.4 Å². The van der Waals surface area contributed by atoms with E-state index in [0.717, 1.165) is 11.3 Å². The second kappa shape index (κ2) is 9.08. The van der Waals surface area contributed by atoms with Crippen LogP contribution in [0.15, 0.2) is 48.5 Å². The van der Waals surface area contributed by atoms with E-state index in [4.69, 9.17) is 4.74 Å². The largest absolute Gasteiger partial charge is 0.492 e. The van der Waals surface area contributed by atoms with Gasteiger partial charge in [-0.05, 0) is 44.2 Å². The van der Waals surface area contributed by atoms with E-state index in [1.54, 1.807) is 0 Å². The maximum atomic E-state index is 12.0. The lowest BCUT2D eigenvalue weighted by molar-refractivity contribution is -0.122. The van der Waals surface area contributed by atoms with Crippen molar-refractivity contribution in [2.45, 2.75) is 20.4 Å². The van der Waals surface area contributed by atoms with Crippen molar-refractivity contribution in [3.63, 3.8) is 0 Å². The molecule has 1 N–H and O–H groups in total. The number of amides is 1. The summed E-state index contributed by atoms with van der Waals surface area (Å²) in [6, 6.07) is 16.1. The molecule has 2 aromatic carbocycles. The Morgan fingerprint density at radius 3 is 2.54 bits per heavy atom. The molecule has 0 spiro atoms. The molecular weight excluding hydrogens is 300 g/mol. The highest BCUT2D eigenvalue weighted by molar-refractivity contribution is 5.77. The Kier molecular flexibility index (Phi) is 6.82. The molecule has 24 heavy (non-hydrogen) atoms. The van der Waals surface area contributed by atoms with Gasteiger partial charge in [0.05, 0.1) is 6.54 Å². The average molecular weight is 326 g/mol. The summed E-state index contributed by atoms with van der Waals surface area (Å²) in [4.78, 5) is 13.9. The Morgan fingerprint density at radius 1 is 1.08 bits per heavy atom. The molecule has 1 amide bonds. The zero-order valence-electron chi connectivity index (χ0n) is 14.7. The van der Waals surface area contributed by atoms with Crippen LogP contribution in [0, 0.1) is 13.8 Å². The van der Waals surface area contributed by atoms with Gasteiger partial charge in [-0.25, -0.2) is 0 Å². The summed E-state index contributed by atoms with van der Waals surface area (Å²) in [7, 11) is 1.92. The minimum absolute atomic E-state index is 0.0219. The SMILES string of the molecule is Cc1ccc(CNC(=O)CN(C)CCOc2cccc(C)c2)cc1. The molecule has 0 radical (unpaired) electrons. The molecule has 4 nitrogen and oxygen atoms in total. The van der Waals surface area contributed by atoms with Crippen LogP contribution in [0.4, 0.5) is 0 Å². The predicted molar refractivity (Wildman–Crippen MR) is 97.2 cm³/mol. The van der Waals surface area contributed by atoms with Crippen molar-refractivity contribution in [1.29, 1.82) is 0 Å². The van der Waals surface area contributed by atoms with Crippen molar-refractivity contribution in [1.82, 2.24) is 10.2 Å². The summed E-state index contributed by atoms with van der Waals surface area (Å²) in [6.07, 6.45) is 0. The smallest absolute Gasteiger partial charge is 0.234 e. The molecule has 0 bridgehead atoms. The van der Waals surface area contributed by atoms with Crippen LogP contribution in [0.1, 0.15) is 16.7 Å². The second-order valence-corrected chi connectivity index (χ2v) is 6.17. The standard InChI is InChI=1S/C20H26N2O2/c1-16-7-9-18(10-8-16)14-21-20(23)15-22(3)11-12-24-19-6-4-5-17(2)13-19/h4-10,13H,11-12,14-15H2,1-3H3,(H,21,23). The predicted octanol–water partition coefficient (Wildman–Crippen LogP) is 2.93. The maximum absolute atomic E-state index is 12.0. The maximum Gasteiger partial charge on any atom is 0.234 e. The van der Waals surface area contributed by atoms with Crippen LogP contribution in [0.3, 0.4) is 0 Å². The second-order valence-electron chi connectivity index (χ2n) is 6.17. The number of benzene rings is 2. The zero-order valence-corrected chi connectivity index (χ0v) is 14.7. The lowest BCUT2D eigenvalue weighted by atomic mass is 10.1. The summed E-state index contributed by atoms with van der Waals surface area (Å²) < 4.78 is 5.71. The first kappa shape index (κ1) is 18.0. The Balaban J connectivity index is 1.65. The number of carbonyl (C=O) groups excluding carboxylic acids is 1. The van der Waals surface area contributed by atoms with Gasteiger partial charge in [0.25, 0.3) is 0 Å². The molecule has 0 atom stereocenters. The molecule has 128 valence electrons. The van der Waals surface area contributed by atoms with Crippen LogP contribution in [0.2, 0.25) is 0 Å². The van der Waals surface area contributed by atoms with Gasteiger partial charge in [-0.15, -0.1) is 0 Å². The Labute approximate surface area is 144 Å². The summed E-state index contributed by atoms with van der Waals surface area (Å²) in [5.41, 5.74) is 3.51. The van der Waals surface area contributed by atoms with Gasteiger partial charge in [-0.3, -0.25) is 9.69 Å². The first-order valence-corrected chi connectivity index (χ1v) is 8.23. The van der Waals surface area contributed by atoms with E-state index in [1.165, 1.54) is 11.1 Å². The van der Waals surface area contributed by atoms with E-state index < -0.39 is 0 Å². The van der Waals surface area contributed by atoms with Crippen molar-refractivity contribution >= 4 is 5.91 Å². The molecule has 0 unspecified atom stereocenters. The quantitative estimate of drug-likeness (QED) is 0.811. The molecule has 0 heterocycles. The van der Waals surface area contributed by atoms with E-state index in [2.05, 4.69) is 24.4 Å². The van der Waals surface area contributed by atoms with Crippen molar-refractivity contribution in [3.8, 4) is 5.75 Å². The minimum atomic E-state index is 0.0219. The van der Waals surface area contributed by atoms with E-state index in [1.807, 2.05) is 55.3 Å². The molecule has 0 aromatic heterocycles. The van der Waals surface area contributed by atoms with Crippen LogP contribution >= 0.6 is 0 Å². The fraction of sp³-hybridized carbons (Fsp3) is 0.350. The van der Waals surface area contributed by atoms with Gasteiger partial charge in [0, 0.05) is 13.1 Å². The number of hydrogen-bond donors (Lipinski definition) is 1. The molecule has 2 rings (SSSR count). The van der Waals surface area contributed by atoms with E-state index in [-0.39, 0.29) is 5.91 Å². The number of nitrogens with zero attached hydrogens (tertiary/aromatic N) is 1. The van der Waals surface area contributed by atoms with Crippen molar-refractivity contribution < 1.29 is 9.53 Å². The van der Waals surface area contributed by atoms with Gasteiger partial charge in [0.15, 0.2) is 0 Å². The number of rotatable bonds is 8. The number of hydrogen-bond acceptors (Lipinski definition) is 3. The third kappa shape index (κ3) is 6.42. The molecule has 0 fully saturated rings. The van der Waals surface area contributed by atoms with Gasteiger partial charge < -0.3 is 10.1 Å². The lowest BCUT2D eigenvalue weighted by Crippen LogP contribution is -2.36. The summed E-state index contributed by atoms with van der Waals surface area (Å²) >= 11 is 0. The first-order valence-electron chi connectivity index (χ1n) is 8.23. The number of nitrogens with one attached hydrogen (secondary N) is 1. The molecule has 4 heteroatoms. The summed E-state index contributed by atoms with van der Waals surface area (Å²) in [6.45, 7) is 6.28. The van der Waals surface area contributed by atoms with E-state index in [0.29, 0.717) is 26.2 Å². The molecule has 0 saturated carbocycles. The highest BCUT2D eigenvalue weighted by Gasteiger charge is 2.06. The van der Waals surface area contributed by atoms with Crippen molar-refractivity contribution in [2.75, 3.05) is 26.7 Å². The average Bonchev–Trinajstić information content (AvgIpc) is 2.54. The van der Waals surface area contributed by atoms with E-state index in [9.17, 15) is 4.79 Å². The minimum Gasteiger partial charge on any atom is -0.492 e. The highest BCUT2D eigenvalue weighted by Crippen LogP contribution is 2.12. The fourth-order valence-electron chi connectivity index (χ4n) is 2.31. The monoisotopic (exact) mass is 326 g/mol. The van der Waals surface area contributed by atoms with Crippen LogP contribution in [0.5, 0.6) is 5.75 Å². The Morgan fingerprint density at radius 2 is 1.83 bits per heavy atom. The lowest BCUT2D eigenvalue weighted by Gasteiger charge is -2.17. The topological polar surface area (TPSA) is 41.6 Å². The van der Waals surface area contributed by atoms with Gasteiger partial charge in [-0.2, -0.15) is 0 Å². The van der Waals surface area contributed by atoms with Crippen molar-refractivity contribution in [3.05, 3.63) is 65.2 Å². The first-order chi connectivity index (χ1) is 11.5. The van der Waals surface area contributed by atoms with Crippen molar-refractivity contribution in [2.24, 2.45) is 0 Å². The number of ether oxygens (including phenoxy) is 1. The van der Waals surface area contributed by atoms with E-state index >= 15 is 0 Å². The Bertz CT molecular complexity index is 653. The van der Waals surface area contributed by atoms with Crippen LogP contribution in [-0.2, 0) is 11.3 Å². The van der Waals surface area contributed by atoms with Gasteiger partial charge in [0.2, 0.25) is 5.91 Å². The summed E-state index contributed by atoms with van der Waals surface area (Å²) in [5.74, 6) is 0.890. The molecular formula is C20H26N2O2. The highest BCUT2D eigenvalue weighted by atomic mass is 16.5. The van der Waals surface area contributed by atoms with Crippen LogP contribution in [-0.4, -0.2) is 37.6 Å².